The number of rotatable bonds is 3. The molecular formula is C26H28N6S. The van der Waals surface area contributed by atoms with Gasteiger partial charge in [-0.25, -0.2) is 15.0 Å². The van der Waals surface area contributed by atoms with Gasteiger partial charge in [-0.15, -0.1) is 0 Å². The summed E-state index contributed by atoms with van der Waals surface area (Å²) in [6, 6.07) is 10.7. The van der Waals surface area contributed by atoms with Crippen molar-refractivity contribution in [1.82, 2.24) is 15.0 Å². The summed E-state index contributed by atoms with van der Waals surface area (Å²) in [7, 11) is 0. The standard InChI is InChI=1S/C26H28N6S/c1-3-6-20-25(30-16-22(31-20)33-21-9-12-29-24(28)17(21)2)32-13-10-26(11-14-32)15-18-7-4-5-8-19(18)23(26)27/h4-5,7-9,12,16,23H,10-11,13-15,27H2,1-2H3,(H2,28,29)/t23-/m1/s1. The third kappa shape index (κ3) is 3.94. The molecule has 1 aliphatic heterocycles. The lowest BCUT2D eigenvalue weighted by molar-refractivity contribution is 0.187. The highest BCUT2D eigenvalue weighted by atomic mass is 32.2. The molecule has 33 heavy (non-hydrogen) atoms. The second-order valence-corrected chi connectivity index (χ2v) is 9.94. The van der Waals surface area contributed by atoms with E-state index in [9.17, 15) is 0 Å². The summed E-state index contributed by atoms with van der Waals surface area (Å²) >= 11 is 1.54. The van der Waals surface area contributed by atoms with Gasteiger partial charge in [0.25, 0.3) is 0 Å². The number of fused-ring (bicyclic) bond motifs is 1. The number of anilines is 2. The summed E-state index contributed by atoms with van der Waals surface area (Å²) in [6.07, 6.45) is 6.69. The van der Waals surface area contributed by atoms with Crippen LogP contribution in [0.4, 0.5) is 11.6 Å². The molecule has 4 N–H and O–H groups in total. The molecule has 0 unspecified atom stereocenters. The number of nitrogens with two attached hydrogens (primary N) is 2. The van der Waals surface area contributed by atoms with Crippen molar-refractivity contribution in [3.05, 3.63) is 65.1 Å². The summed E-state index contributed by atoms with van der Waals surface area (Å²) < 4.78 is 0. The first-order valence-electron chi connectivity index (χ1n) is 11.3. The van der Waals surface area contributed by atoms with Crippen LogP contribution < -0.4 is 16.4 Å². The molecule has 1 atom stereocenters. The number of benzene rings is 1. The number of piperidine rings is 1. The van der Waals surface area contributed by atoms with Gasteiger partial charge in [-0.05, 0) is 61.6 Å². The van der Waals surface area contributed by atoms with E-state index in [1.165, 1.54) is 22.9 Å². The zero-order chi connectivity index (χ0) is 23.0. The maximum Gasteiger partial charge on any atom is 0.163 e. The minimum atomic E-state index is 0.103. The third-order valence-electron chi connectivity index (χ3n) is 7.03. The van der Waals surface area contributed by atoms with E-state index >= 15 is 0 Å². The Hall–Kier alpha value is -3.08. The number of nitrogen functional groups attached to an aromatic ring is 1. The van der Waals surface area contributed by atoms with Gasteiger partial charge < -0.3 is 16.4 Å². The predicted octanol–water partition coefficient (Wildman–Crippen LogP) is 4.13. The van der Waals surface area contributed by atoms with Gasteiger partial charge in [-0.3, -0.25) is 0 Å². The van der Waals surface area contributed by atoms with Crippen molar-refractivity contribution in [2.45, 2.75) is 49.1 Å². The van der Waals surface area contributed by atoms with Crippen LogP contribution in [0.3, 0.4) is 0 Å². The minimum absolute atomic E-state index is 0.103. The van der Waals surface area contributed by atoms with E-state index in [0.717, 1.165) is 59.3 Å². The van der Waals surface area contributed by atoms with Crippen LogP contribution in [0.15, 0.2) is 52.6 Å². The van der Waals surface area contributed by atoms with Crippen LogP contribution in [-0.2, 0) is 6.42 Å². The van der Waals surface area contributed by atoms with Gasteiger partial charge in [0.1, 0.15) is 10.8 Å². The first-order chi connectivity index (χ1) is 16.0. The fourth-order valence-electron chi connectivity index (χ4n) is 5.08. The Bertz CT molecular complexity index is 1250. The van der Waals surface area contributed by atoms with Crippen molar-refractivity contribution in [3.63, 3.8) is 0 Å². The number of hydrogen-bond donors (Lipinski definition) is 2. The molecule has 0 saturated carbocycles. The predicted molar refractivity (Wildman–Crippen MR) is 133 cm³/mol. The maximum absolute atomic E-state index is 6.75. The van der Waals surface area contributed by atoms with Crippen LogP contribution in [0.2, 0.25) is 0 Å². The fourth-order valence-corrected chi connectivity index (χ4v) is 5.93. The van der Waals surface area contributed by atoms with Crippen molar-refractivity contribution in [2.75, 3.05) is 23.7 Å². The number of pyridine rings is 1. The van der Waals surface area contributed by atoms with Gasteiger partial charge in [0.2, 0.25) is 0 Å². The van der Waals surface area contributed by atoms with Crippen molar-refractivity contribution >= 4 is 23.4 Å². The summed E-state index contributed by atoms with van der Waals surface area (Å²) in [6.45, 7) is 5.61. The number of hydrogen-bond acceptors (Lipinski definition) is 7. The zero-order valence-electron chi connectivity index (χ0n) is 19.0. The second-order valence-electron chi connectivity index (χ2n) is 8.88. The van der Waals surface area contributed by atoms with Crippen LogP contribution in [0.1, 0.15) is 48.2 Å². The lowest BCUT2D eigenvalue weighted by atomic mass is 9.73. The van der Waals surface area contributed by atoms with Gasteiger partial charge in [-0.1, -0.05) is 41.9 Å². The van der Waals surface area contributed by atoms with Crippen LogP contribution in [0.25, 0.3) is 0 Å². The van der Waals surface area contributed by atoms with Gasteiger partial charge in [0, 0.05) is 35.8 Å². The Kier molecular flexibility index (Phi) is 5.73. The molecule has 3 heterocycles. The normalized spacial score (nSPS) is 18.6. The van der Waals surface area contributed by atoms with E-state index < -0.39 is 0 Å². The molecule has 5 rings (SSSR count). The highest BCUT2D eigenvalue weighted by Crippen LogP contribution is 2.51. The van der Waals surface area contributed by atoms with Crippen molar-refractivity contribution < 1.29 is 0 Å². The molecule has 7 heteroatoms. The molecule has 6 nitrogen and oxygen atoms in total. The quantitative estimate of drug-likeness (QED) is 0.572. The van der Waals surface area contributed by atoms with E-state index in [4.69, 9.17) is 21.4 Å². The Labute approximate surface area is 199 Å². The summed E-state index contributed by atoms with van der Waals surface area (Å²) in [4.78, 5) is 17.1. The van der Waals surface area contributed by atoms with Gasteiger partial charge >= 0.3 is 0 Å². The van der Waals surface area contributed by atoms with Crippen molar-refractivity contribution in [2.24, 2.45) is 11.1 Å². The lowest BCUT2D eigenvalue weighted by Gasteiger charge is -2.42. The van der Waals surface area contributed by atoms with Gasteiger partial charge in [0.15, 0.2) is 11.5 Å². The Morgan fingerprint density at radius 2 is 1.94 bits per heavy atom. The van der Waals surface area contributed by atoms with Crippen LogP contribution >= 0.6 is 11.8 Å². The largest absolute Gasteiger partial charge is 0.383 e. The Morgan fingerprint density at radius 1 is 1.15 bits per heavy atom. The molecule has 168 valence electrons. The Balaban J connectivity index is 1.36. The van der Waals surface area contributed by atoms with Crippen molar-refractivity contribution in [3.8, 4) is 11.8 Å². The molecule has 1 aliphatic carbocycles. The molecule has 2 aliphatic rings. The number of aromatic nitrogens is 3. The molecule has 0 amide bonds. The molecule has 2 aromatic heterocycles. The molecule has 0 bridgehead atoms. The van der Waals surface area contributed by atoms with E-state index in [1.54, 1.807) is 6.20 Å². The number of nitrogens with zero attached hydrogens (tertiary/aromatic N) is 4. The average Bonchev–Trinajstić information content (AvgIpc) is 3.09. The van der Waals surface area contributed by atoms with E-state index in [0.29, 0.717) is 5.82 Å². The summed E-state index contributed by atoms with van der Waals surface area (Å²) in [5.74, 6) is 7.57. The van der Waals surface area contributed by atoms with E-state index in [-0.39, 0.29) is 11.5 Å². The molecule has 3 aromatic rings. The molecule has 1 spiro atoms. The maximum atomic E-state index is 6.75. The fraction of sp³-hybridized carbons (Fsp3) is 0.346. The van der Waals surface area contributed by atoms with E-state index in [1.807, 2.05) is 26.1 Å². The summed E-state index contributed by atoms with van der Waals surface area (Å²) in [5, 5.41) is 0.798. The molecule has 1 fully saturated rings. The van der Waals surface area contributed by atoms with Gasteiger partial charge in [-0.2, -0.15) is 0 Å². The van der Waals surface area contributed by atoms with Gasteiger partial charge in [0.05, 0.1) is 6.20 Å². The van der Waals surface area contributed by atoms with Crippen LogP contribution in [0, 0.1) is 24.2 Å². The smallest absolute Gasteiger partial charge is 0.163 e. The molecule has 1 saturated heterocycles. The van der Waals surface area contributed by atoms with E-state index in [2.05, 4.69) is 46.0 Å². The minimum Gasteiger partial charge on any atom is -0.383 e. The lowest BCUT2D eigenvalue weighted by Crippen LogP contribution is -2.44. The monoisotopic (exact) mass is 456 g/mol. The van der Waals surface area contributed by atoms with Crippen LogP contribution in [-0.4, -0.2) is 28.0 Å². The first kappa shape index (κ1) is 21.7. The molecular weight excluding hydrogens is 428 g/mol. The van der Waals surface area contributed by atoms with Crippen molar-refractivity contribution in [1.29, 1.82) is 0 Å². The van der Waals surface area contributed by atoms with Crippen LogP contribution in [0.5, 0.6) is 0 Å². The SMILES string of the molecule is CC#Cc1nc(Sc2ccnc(N)c2C)cnc1N1CCC2(CC1)Cc1ccccc1[C@H]2N. The third-order valence-corrected chi connectivity index (χ3v) is 8.10. The highest BCUT2D eigenvalue weighted by Gasteiger charge is 2.46. The highest BCUT2D eigenvalue weighted by molar-refractivity contribution is 7.99. The molecule has 0 radical (unpaired) electrons. The summed E-state index contributed by atoms with van der Waals surface area (Å²) in [5.41, 5.74) is 17.2. The Morgan fingerprint density at radius 3 is 2.70 bits per heavy atom. The zero-order valence-corrected chi connectivity index (χ0v) is 19.8. The first-order valence-corrected chi connectivity index (χ1v) is 12.1. The topological polar surface area (TPSA) is 93.9 Å². The average molecular weight is 457 g/mol. The second kappa shape index (κ2) is 8.69. The molecule has 1 aromatic carbocycles.